The average Bonchev–Trinajstić information content (AvgIpc) is 3.31. The summed E-state index contributed by atoms with van der Waals surface area (Å²) in [6.45, 7) is 2.02. The molecule has 3 atom stereocenters. The minimum absolute atomic E-state index is 0.271. The van der Waals surface area contributed by atoms with Gasteiger partial charge in [-0.25, -0.2) is 9.96 Å². The number of anilines is 2. The third kappa shape index (κ3) is 3.16. The third-order valence-corrected chi connectivity index (χ3v) is 5.86. The number of rotatable bonds is 4. The standard InChI is InChI=1S/C25H22N2O4/c1-16-11-13-17(14-12-16)22-21-23(31-27(22)18-7-4-3-5-8-18)25(29)26(24(21)28)19-9-6-10-20(15-19)30-2/h3-15,21-23H,1-2H3/t21-,22-,23-/m0/s1. The van der Waals surface area contributed by atoms with Crippen LogP contribution in [-0.2, 0) is 14.4 Å². The number of hydrogen-bond donors (Lipinski definition) is 0. The predicted octanol–water partition coefficient (Wildman–Crippen LogP) is 4.05. The normalized spacial score (nSPS) is 22.7. The summed E-state index contributed by atoms with van der Waals surface area (Å²) in [6.07, 6.45) is -0.884. The second kappa shape index (κ2) is 7.56. The molecule has 6 heteroatoms. The molecule has 2 heterocycles. The molecule has 2 amide bonds. The van der Waals surface area contributed by atoms with Gasteiger partial charge in [0.2, 0.25) is 5.91 Å². The van der Waals surface area contributed by atoms with Crippen LogP contribution in [0.2, 0.25) is 0 Å². The minimum atomic E-state index is -0.884. The number of methoxy groups -OCH3 is 1. The smallest absolute Gasteiger partial charge is 0.266 e. The SMILES string of the molecule is COc1cccc(N2C(=O)[C@@H]3[C@H](ON(c4ccccc4)[C@H]3c3ccc(C)cc3)C2=O)c1. The monoisotopic (exact) mass is 414 g/mol. The molecule has 2 aliphatic rings. The molecule has 0 unspecified atom stereocenters. The van der Waals surface area contributed by atoms with Crippen molar-refractivity contribution in [2.45, 2.75) is 19.1 Å². The van der Waals surface area contributed by atoms with Gasteiger partial charge in [-0.05, 0) is 36.8 Å². The summed E-state index contributed by atoms with van der Waals surface area (Å²) in [5, 5.41) is 1.71. The number of imide groups is 1. The minimum Gasteiger partial charge on any atom is -0.497 e. The lowest BCUT2D eigenvalue weighted by atomic mass is 9.90. The van der Waals surface area contributed by atoms with Gasteiger partial charge >= 0.3 is 0 Å². The largest absolute Gasteiger partial charge is 0.497 e. The number of ether oxygens (including phenoxy) is 1. The van der Waals surface area contributed by atoms with E-state index in [1.165, 1.54) is 4.90 Å². The average molecular weight is 414 g/mol. The van der Waals surface area contributed by atoms with Crippen LogP contribution in [0.4, 0.5) is 11.4 Å². The van der Waals surface area contributed by atoms with E-state index in [-0.39, 0.29) is 11.8 Å². The van der Waals surface area contributed by atoms with Crippen LogP contribution in [0.25, 0.3) is 0 Å². The van der Waals surface area contributed by atoms with Gasteiger partial charge in [-0.3, -0.25) is 14.4 Å². The van der Waals surface area contributed by atoms with Crippen molar-refractivity contribution in [1.82, 2.24) is 0 Å². The highest BCUT2D eigenvalue weighted by Gasteiger charge is 2.60. The van der Waals surface area contributed by atoms with E-state index in [4.69, 9.17) is 9.57 Å². The number of fused-ring (bicyclic) bond motifs is 1. The molecule has 6 nitrogen and oxygen atoms in total. The molecule has 5 rings (SSSR count). The summed E-state index contributed by atoms with van der Waals surface area (Å²) in [5.74, 6) is -0.704. The van der Waals surface area contributed by atoms with E-state index in [1.54, 1.807) is 36.4 Å². The summed E-state index contributed by atoms with van der Waals surface area (Å²) < 4.78 is 5.27. The lowest BCUT2D eigenvalue weighted by molar-refractivity contribution is -0.126. The molecule has 156 valence electrons. The first kappa shape index (κ1) is 19.3. The van der Waals surface area contributed by atoms with Crippen molar-refractivity contribution < 1.29 is 19.2 Å². The van der Waals surface area contributed by atoms with E-state index >= 15 is 0 Å². The Balaban J connectivity index is 1.57. The van der Waals surface area contributed by atoms with Crippen molar-refractivity contribution >= 4 is 23.2 Å². The molecule has 2 saturated heterocycles. The molecular weight excluding hydrogens is 392 g/mol. The van der Waals surface area contributed by atoms with Crippen molar-refractivity contribution in [2.75, 3.05) is 17.1 Å². The zero-order chi connectivity index (χ0) is 21.5. The van der Waals surface area contributed by atoms with Gasteiger partial charge in [0.05, 0.1) is 24.5 Å². The lowest BCUT2D eigenvalue weighted by Crippen LogP contribution is -2.37. The van der Waals surface area contributed by atoms with Crippen LogP contribution in [0.3, 0.4) is 0 Å². The summed E-state index contributed by atoms with van der Waals surface area (Å²) in [4.78, 5) is 34.3. The van der Waals surface area contributed by atoms with Gasteiger partial charge in [-0.2, -0.15) is 0 Å². The number of carbonyl (C=O) groups excluding carboxylic acids is 2. The third-order valence-electron chi connectivity index (χ3n) is 5.86. The number of para-hydroxylation sites is 1. The first-order chi connectivity index (χ1) is 15.1. The van der Waals surface area contributed by atoms with Crippen LogP contribution in [0.1, 0.15) is 17.2 Å². The number of hydroxylamine groups is 1. The van der Waals surface area contributed by atoms with Crippen LogP contribution in [0.5, 0.6) is 5.75 Å². The van der Waals surface area contributed by atoms with Crippen molar-refractivity contribution in [2.24, 2.45) is 5.92 Å². The van der Waals surface area contributed by atoms with Crippen LogP contribution in [0.15, 0.2) is 78.9 Å². The van der Waals surface area contributed by atoms with E-state index < -0.39 is 18.1 Å². The Morgan fingerprint density at radius 3 is 2.26 bits per heavy atom. The highest BCUT2D eigenvalue weighted by atomic mass is 16.7. The number of hydrogen-bond acceptors (Lipinski definition) is 5. The Kier molecular flexibility index (Phi) is 4.71. The zero-order valence-corrected chi connectivity index (χ0v) is 17.3. The number of benzene rings is 3. The fraction of sp³-hybridized carbons (Fsp3) is 0.200. The summed E-state index contributed by atoms with van der Waals surface area (Å²) in [6, 6.07) is 24.1. The van der Waals surface area contributed by atoms with Gasteiger partial charge in [0, 0.05) is 6.07 Å². The van der Waals surface area contributed by atoms with Gasteiger partial charge in [0.25, 0.3) is 5.91 Å². The van der Waals surface area contributed by atoms with Crippen molar-refractivity contribution in [3.8, 4) is 5.75 Å². The van der Waals surface area contributed by atoms with E-state index in [0.717, 1.165) is 16.8 Å². The Labute approximate surface area is 180 Å². The predicted molar refractivity (Wildman–Crippen MR) is 117 cm³/mol. The second-order valence-electron chi connectivity index (χ2n) is 7.78. The van der Waals surface area contributed by atoms with E-state index in [0.29, 0.717) is 11.4 Å². The van der Waals surface area contributed by atoms with Gasteiger partial charge in [-0.1, -0.05) is 54.1 Å². The Bertz CT molecular complexity index is 1130. The van der Waals surface area contributed by atoms with Crippen molar-refractivity contribution in [3.63, 3.8) is 0 Å². The van der Waals surface area contributed by atoms with Gasteiger partial charge in [-0.15, -0.1) is 0 Å². The quantitative estimate of drug-likeness (QED) is 0.603. The maximum atomic E-state index is 13.6. The fourth-order valence-electron chi connectivity index (χ4n) is 4.32. The first-order valence-electron chi connectivity index (χ1n) is 10.2. The molecule has 0 bridgehead atoms. The number of amides is 2. The van der Waals surface area contributed by atoms with E-state index in [1.807, 2.05) is 61.5 Å². The molecule has 0 aliphatic carbocycles. The molecular formula is C25H22N2O4. The Morgan fingerprint density at radius 1 is 0.839 bits per heavy atom. The summed E-state index contributed by atoms with van der Waals surface area (Å²) in [5.41, 5.74) is 3.34. The second-order valence-corrected chi connectivity index (χ2v) is 7.78. The van der Waals surface area contributed by atoms with Crippen LogP contribution < -0.4 is 14.7 Å². The molecule has 0 spiro atoms. The van der Waals surface area contributed by atoms with Crippen LogP contribution in [0, 0.1) is 12.8 Å². The maximum Gasteiger partial charge on any atom is 0.266 e. The van der Waals surface area contributed by atoms with E-state index in [2.05, 4.69) is 0 Å². The number of carbonyl (C=O) groups is 2. The molecule has 0 N–H and O–H groups in total. The molecule has 2 aliphatic heterocycles. The first-order valence-corrected chi connectivity index (χ1v) is 10.2. The molecule has 0 saturated carbocycles. The van der Waals surface area contributed by atoms with Gasteiger partial charge in [0.1, 0.15) is 11.7 Å². The lowest BCUT2D eigenvalue weighted by Gasteiger charge is -2.28. The van der Waals surface area contributed by atoms with Crippen LogP contribution >= 0.6 is 0 Å². The Morgan fingerprint density at radius 2 is 1.55 bits per heavy atom. The molecule has 3 aromatic rings. The number of aryl methyl sites for hydroxylation is 1. The van der Waals surface area contributed by atoms with Crippen molar-refractivity contribution in [1.29, 1.82) is 0 Å². The van der Waals surface area contributed by atoms with Crippen molar-refractivity contribution in [3.05, 3.63) is 90.0 Å². The highest BCUT2D eigenvalue weighted by Crippen LogP contribution is 2.47. The van der Waals surface area contributed by atoms with Gasteiger partial charge < -0.3 is 4.74 Å². The topological polar surface area (TPSA) is 59.1 Å². The fourth-order valence-corrected chi connectivity index (χ4v) is 4.32. The molecule has 0 aromatic heterocycles. The molecule has 2 fully saturated rings. The molecule has 31 heavy (non-hydrogen) atoms. The summed E-state index contributed by atoms with van der Waals surface area (Å²) in [7, 11) is 1.55. The zero-order valence-electron chi connectivity index (χ0n) is 17.3. The number of nitrogens with zero attached hydrogens (tertiary/aromatic N) is 2. The van der Waals surface area contributed by atoms with Gasteiger partial charge in [0.15, 0.2) is 6.10 Å². The van der Waals surface area contributed by atoms with E-state index in [9.17, 15) is 9.59 Å². The molecule has 0 radical (unpaired) electrons. The maximum absolute atomic E-state index is 13.6. The van der Waals surface area contributed by atoms with Crippen LogP contribution in [-0.4, -0.2) is 25.0 Å². The summed E-state index contributed by atoms with van der Waals surface area (Å²) >= 11 is 0. The Hall–Kier alpha value is -3.64. The highest BCUT2D eigenvalue weighted by molar-refractivity contribution is 6.24. The molecule has 3 aromatic carbocycles.